The molecule has 1 aliphatic rings. The van der Waals surface area contributed by atoms with E-state index < -0.39 is 5.41 Å². The first-order chi connectivity index (χ1) is 17.2. The Balaban J connectivity index is 1.61. The van der Waals surface area contributed by atoms with Gasteiger partial charge in [-0.05, 0) is 70.4 Å². The van der Waals surface area contributed by atoms with Gasteiger partial charge in [0, 0.05) is 48.5 Å². The number of nitrogens with one attached hydrogen (secondary N) is 1. The van der Waals surface area contributed by atoms with E-state index in [1.54, 1.807) is 30.2 Å². The number of urea groups is 1. The molecule has 1 N–H and O–H groups in total. The lowest BCUT2D eigenvalue weighted by atomic mass is 9.74. The predicted molar refractivity (Wildman–Crippen MR) is 144 cm³/mol. The second-order valence-electron chi connectivity index (χ2n) is 9.76. The molecule has 36 heavy (non-hydrogen) atoms. The van der Waals surface area contributed by atoms with Gasteiger partial charge in [0.2, 0.25) is 0 Å². The molecule has 0 aliphatic carbocycles. The van der Waals surface area contributed by atoms with E-state index in [1.807, 2.05) is 24.3 Å². The molecule has 194 valence electrons. The second kappa shape index (κ2) is 12.3. The van der Waals surface area contributed by atoms with Crippen LogP contribution in [0.1, 0.15) is 46.1 Å². The normalized spacial score (nSPS) is 15.2. The molecule has 7 nitrogen and oxygen atoms in total. The number of ether oxygens (including phenoxy) is 2. The van der Waals surface area contributed by atoms with Crippen molar-refractivity contribution in [1.29, 1.82) is 5.26 Å². The van der Waals surface area contributed by atoms with Gasteiger partial charge in [-0.3, -0.25) is 4.90 Å². The van der Waals surface area contributed by atoms with Crippen LogP contribution in [0.4, 0.5) is 10.5 Å². The van der Waals surface area contributed by atoms with Crippen molar-refractivity contribution in [3.05, 3.63) is 53.1 Å². The van der Waals surface area contributed by atoms with Crippen molar-refractivity contribution in [1.82, 2.24) is 9.80 Å². The van der Waals surface area contributed by atoms with Crippen molar-refractivity contribution < 1.29 is 14.3 Å². The molecule has 0 atom stereocenters. The number of nitriles is 1. The lowest BCUT2D eigenvalue weighted by molar-refractivity contribution is 0.140. The van der Waals surface area contributed by atoms with Gasteiger partial charge in [-0.15, -0.1) is 0 Å². The highest BCUT2D eigenvalue weighted by atomic mass is 35.5. The SMILES string of the molecule is COc1ccc(NC(=O)N2CCC(C#N)(c3ccc(Cl)cc3)CC2)cc1OCCN(C(C)C)C(C)C. The minimum atomic E-state index is -0.609. The number of nitrogens with zero attached hydrogens (tertiary/aromatic N) is 3. The zero-order valence-electron chi connectivity index (χ0n) is 21.9. The molecule has 1 aliphatic heterocycles. The quantitative estimate of drug-likeness (QED) is 0.450. The zero-order chi connectivity index (χ0) is 26.3. The Morgan fingerprint density at radius 1 is 1.11 bits per heavy atom. The summed E-state index contributed by atoms with van der Waals surface area (Å²) >= 11 is 6.01. The monoisotopic (exact) mass is 512 g/mol. The topological polar surface area (TPSA) is 77.8 Å². The molecule has 3 rings (SSSR count). The van der Waals surface area contributed by atoms with Gasteiger partial charge >= 0.3 is 6.03 Å². The molecule has 0 radical (unpaired) electrons. The van der Waals surface area contributed by atoms with E-state index in [1.165, 1.54) is 0 Å². The Morgan fingerprint density at radius 2 is 1.75 bits per heavy atom. The summed E-state index contributed by atoms with van der Waals surface area (Å²) in [6.45, 7) is 11.0. The van der Waals surface area contributed by atoms with Crippen LogP contribution in [0.5, 0.6) is 11.5 Å². The molecule has 1 saturated heterocycles. The van der Waals surface area contributed by atoms with Crippen LogP contribution in [-0.4, -0.2) is 61.3 Å². The maximum absolute atomic E-state index is 13.0. The average Bonchev–Trinajstić information content (AvgIpc) is 2.86. The Kier molecular flexibility index (Phi) is 9.47. The van der Waals surface area contributed by atoms with Gasteiger partial charge in [0.25, 0.3) is 0 Å². The first kappa shape index (κ1) is 27.6. The lowest BCUT2D eigenvalue weighted by Crippen LogP contribution is -2.46. The lowest BCUT2D eigenvalue weighted by Gasteiger charge is -2.37. The minimum Gasteiger partial charge on any atom is -0.493 e. The maximum Gasteiger partial charge on any atom is 0.321 e. The number of anilines is 1. The Bertz CT molecular complexity index is 1050. The van der Waals surface area contributed by atoms with Crippen LogP contribution in [0.3, 0.4) is 0 Å². The molecule has 2 aromatic rings. The van der Waals surface area contributed by atoms with Crippen LogP contribution in [0.25, 0.3) is 0 Å². The summed E-state index contributed by atoms with van der Waals surface area (Å²) in [6, 6.07) is 16.0. The van der Waals surface area contributed by atoms with E-state index in [4.69, 9.17) is 21.1 Å². The number of amides is 2. The van der Waals surface area contributed by atoms with Crippen LogP contribution in [0.15, 0.2) is 42.5 Å². The van der Waals surface area contributed by atoms with Crippen molar-refractivity contribution in [3.8, 4) is 17.6 Å². The zero-order valence-corrected chi connectivity index (χ0v) is 22.6. The van der Waals surface area contributed by atoms with E-state index >= 15 is 0 Å². The van der Waals surface area contributed by atoms with Gasteiger partial charge in [-0.2, -0.15) is 5.26 Å². The number of carbonyl (C=O) groups excluding carboxylic acids is 1. The van der Waals surface area contributed by atoms with Gasteiger partial charge in [0.1, 0.15) is 6.61 Å². The molecule has 1 heterocycles. The third-order valence-electron chi connectivity index (χ3n) is 6.86. The van der Waals surface area contributed by atoms with Crippen LogP contribution in [0, 0.1) is 11.3 Å². The van der Waals surface area contributed by atoms with Crippen LogP contribution >= 0.6 is 11.6 Å². The van der Waals surface area contributed by atoms with Crippen molar-refractivity contribution in [2.75, 3.05) is 38.7 Å². The van der Waals surface area contributed by atoms with E-state index in [2.05, 4.69) is 44.0 Å². The van der Waals surface area contributed by atoms with Gasteiger partial charge in [-0.1, -0.05) is 23.7 Å². The average molecular weight is 513 g/mol. The first-order valence-electron chi connectivity index (χ1n) is 12.5. The molecule has 2 amide bonds. The molecule has 0 aromatic heterocycles. The minimum absolute atomic E-state index is 0.195. The number of piperidine rings is 1. The standard InChI is InChI=1S/C28H37ClN4O3/c1-20(2)33(21(3)4)16-17-36-26-18-24(10-11-25(26)35-5)31-27(34)32-14-12-28(19-30,13-15-32)22-6-8-23(29)9-7-22/h6-11,18,20-21H,12-17H2,1-5H3,(H,31,34). The summed E-state index contributed by atoms with van der Waals surface area (Å²) in [5.41, 5.74) is 0.970. The highest BCUT2D eigenvalue weighted by Crippen LogP contribution is 2.36. The van der Waals surface area contributed by atoms with Crippen molar-refractivity contribution >= 4 is 23.3 Å². The fourth-order valence-electron chi connectivity index (χ4n) is 4.77. The number of rotatable bonds is 9. The van der Waals surface area contributed by atoms with Crippen molar-refractivity contribution in [2.24, 2.45) is 0 Å². The van der Waals surface area contributed by atoms with E-state index in [0.717, 1.165) is 12.1 Å². The Labute approximate surface area is 219 Å². The largest absolute Gasteiger partial charge is 0.493 e. The molecular formula is C28H37ClN4O3. The number of benzene rings is 2. The molecule has 0 bridgehead atoms. The van der Waals surface area contributed by atoms with E-state index in [0.29, 0.717) is 66.8 Å². The third-order valence-corrected chi connectivity index (χ3v) is 7.12. The highest BCUT2D eigenvalue weighted by Gasteiger charge is 2.37. The van der Waals surface area contributed by atoms with Crippen molar-refractivity contribution in [2.45, 2.75) is 58.0 Å². The van der Waals surface area contributed by atoms with Gasteiger partial charge in [0.15, 0.2) is 11.5 Å². The highest BCUT2D eigenvalue weighted by molar-refractivity contribution is 6.30. The fraction of sp³-hybridized carbons (Fsp3) is 0.500. The van der Waals surface area contributed by atoms with Crippen LogP contribution < -0.4 is 14.8 Å². The number of carbonyl (C=O) groups is 1. The number of hydrogen-bond donors (Lipinski definition) is 1. The summed E-state index contributed by atoms with van der Waals surface area (Å²) in [5, 5.41) is 13.6. The second-order valence-corrected chi connectivity index (χ2v) is 10.2. The summed E-state index contributed by atoms with van der Waals surface area (Å²) < 4.78 is 11.5. The number of methoxy groups -OCH3 is 1. The molecule has 0 unspecified atom stereocenters. The maximum atomic E-state index is 13.0. The number of hydrogen-bond acceptors (Lipinski definition) is 5. The summed E-state index contributed by atoms with van der Waals surface area (Å²) in [6.07, 6.45) is 1.13. The number of halogens is 1. The molecular weight excluding hydrogens is 476 g/mol. The Hall–Kier alpha value is -2.95. The summed E-state index contributed by atoms with van der Waals surface area (Å²) in [5.74, 6) is 1.21. The third kappa shape index (κ3) is 6.63. The summed E-state index contributed by atoms with van der Waals surface area (Å²) in [7, 11) is 1.60. The number of likely N-dealkylation sites (tertiary alicyclic amines) is 1. The molecule has 1 fully saturated rings. The van der Waals surface area contributed by atoms with Gasteiger partial charge in [0.05, 0.1) is 18.6 Å². The van der Waals surface area contributed by atoms with Gasteiger partial charge < -0.3 is 19.7 Å². The predicted octanol–water partition coefficient (Wildman–Crippen LogP) is 5.94. The molecule has 2 aromatic carbocycles. The molecule has 0 spiro atoms. The first-order valence-corrected chi connectivity index (χ1v) is 12.9. The molecule has 0 saturated carbocycles. The summed E-state index contributed by atoms with van der Waals surface area (Å²) in [4.78, 5) is 17.1. The van der Waals surface area contributed by atoms with Crippen LogP contribution in [-0.2, 0) is 5.41 Å². The van der Waals surface area contributed by atoms with Crippen molar-refractivity contribution in [3.63, 3.8) is 0 Å². The van der Waals surface area contributed by atoms with E-state index in [-0.39, 0.29) is 6.03 Å². The Morgan fingerprint density at radius 3 is 2.31 bits per heavy atom. The van der Waals surface area contributed by atoms with Gasteiger partial charge in [-0.25, -0.2) is 4.79 Å². The van der Waals surface area contributed by atoms with Crippen LogP contribution in [0.2, 0.25) is 5.02 Å². The molecule has 8 heteroatoms. The fourth-order valence-corrected chi connectivity index (χ4v) is 4.89. The smallest absolute Gasteiger partial charge is 0.321 e. The van der Waals surface area contributed by atoms with E-state index in [9.17, 15) is 10.1 Å².